The number of nitrogens with one attached hydrogen (secondary N) is 1. The second-order valence-corrected chi connectivity index (χ2v) is 7.95. The van der Waals surface area contributed by atoms with Crippen LogP contribution in [0.1, 0.15) is 49.9 Å². The maximum atomic E-state index is 12.5. The van der Waals surface area contributed by atoms with Gasteiger partial charge in [-0.2, -0.15) is 5.10 Å². The Morgan fingerprint density at radius 1 is 1.17 bits per heavy atom. The summed E-state index contributed by atoms with van der Waals surface area (Å²) in [6, 6.07) is 10.0. The van der Waals surface area contributed by atoms with Crippen LogP contribution in [-0.2, 0) is 24.9 Å². The van der Waals surface area contributed by atoms with Crippen LogP contribution in [0.4, 0.5) is 0 Å². The number of carbonyl (C=O) groups is 1. The lowest BCUT2D eigenvalue weighted by molar-refractivity contribution is -0.130. The van der Waals surface area contributed by atoms with E-state index in [1.165, 1.54) is 5.56 Å². The molecule has 0 atom stereocenters. The fraction of sp³-hybridized carbons (Fsp3) is 0.522. The van der Waals surface area contributed by atoms with Gasteiger partial charge in [0.25, 0.3) is 0 Å². The number of guanidine groups is 1. The van der Waals surface area contributed by atoms with Gasteiger partial charge in [0.05, 0.1) is 12.2 Å². The molecule has 0 radical (unpaired) electrons. The number of carbonyl (C=O) groups excluding carboxylic acids is 1. The first-order chi connectivity index (χ1) is 14.3. The first kappa shape index (κ1) is 23.4. The van der Waals surface area contributed by atoms with Crippen molar-refractivity contribution in [1.29, 1.82) is 0 Å². The molecule has 0 bridgehead atoms. The number of hydrogen-bond donors (Lipinski definition) is 1. The summed E-state index contributed by atoms with van der Waals surface area (Å²) in [5, 5.41) is 7.91. The van der Waals surface area contributed by atoms with Gasteiger partial charge in [-0.3, -0.25) is 14.5 Å². The third-order valence-corrected chi connectivity index (χ3v) is 4.86. The lowest BCUT2D eigenvalue weighted by Crippen LogP contribution is -2.39. The van der Waals surface area contributed by atoms with E-state index in [9.17, 15) is 4.79 Å². The van der Waals surface area contributed by atoms with Crippen LogP contribution in [0.3, 0.4) is 0 Å². The molecule has 0 aliphatic carbocycles. The van der Waals surface area contributed by atoms with Gasteiger partial charge in [-0.15, -0.1) is 0 Å². The van der Waals surface area contributed by atoms with Crippen molar-refractivity contribution in [3.05, 3.63) is 53.3 Å². The molecule has 1 aromatic carbocycles. The third kappa shape index (κ3) is 6.90. The standard InChI is InChI=1S/C23H36N6O/c1-7-24-23(28(5)16-20-17-29(6)26-22(20)18(2)3)25-14-13-21(30)27(4)15-19-11-9-8-10-12-19/h8-12,17-18H,7,13-16H2,1-6H3,(H,24,25). The van der Waals surface area contributed by atoms with Gasteiger partial charge in [0, 0.05) is 59.0 Å². The molecule has 0 saturated heterocycles. The van der Waals surface area contributed by atoms with Gasteiger partial charge in [0.2, 0.25) is 5.91 Å². The van der Waals surface area contributed by atoms with Gasteiger partial charge >= 0.3 is 0 Å². The van der Waals surface area contributed by atoms with E-state index in [0.717, 1.165) is 30.3 Å². The molecule has 0 unspecified atom stereocenters. The van der Waals surface area contributed by atoms with E-state index < -0.39 is 0 Å². The van der Waals surface area contributed by atoms with Crippen LogP contribution in [0.5, 0.6) is 0 Å². The molecule has 0 spiro atoms. The predicted molar refractivity (Wildman–Crippen MR) is 122 cm³/mol. The summed E-state index contributed by atoms with van der Waals surface area (Å²) in [6.45, 7) is 8.92. The molecule has 1 aromatic heterocycles. The van der Waals surface area contributed by atoms with Crippen LogP contribution >= 0.6 is 0 Å². The minimum atomic E-state index is 0.0930. The lowest BCUT2D eigenvalue weighted by Gasteiger charge is -2.22. The van der Waals surface area contributed by atoms with Crippen molar-refractivity contribution < 1.29 is 4.79 Å². The van der Waals surface area contributed by atoms with E-state index in [-0.39, 0.29) is 5.91 Å². The molecule has 1 heterocycles. The molecule has 1 amide bonds. The van der Waals surface area contributed by atoms with Crippen LogP contribution in [0.25, 0.3) is 0 Å². The minimum Gasteiger partial charge on any atom is -0.357 e. The molecular weight excluding hydrogens is 376 g/mol. The van der Waals surface area contributed by atoms with Gasteiger partial charge in [-0.25, -0.2) is 0 Å². The number of aromatic nitrogens is 2. The molecule has 7 heteroatoms. The second kappa shape index (κ2) is 11.4. The highest BCUT2D eigenvalue weighted by Gasteiger charge is 2.15. The molecule has 2 aromatic rings. The normalized spacial score (nSPS) is 11.6. The molecule has 0 fully saturated rings. The van der Waals surface area contributed by atoms with Gasteiger partial charge in [-0.05, 0) is 18.4 Å². The number of aliphatic imine (C=N–C) groups is 1. The molecule has 2 rings (SSSR count). The Bertz CT molecular complexity index is 827. The van der Waals surface area contributed by atoms with Crippen molar-refractivity contribution in [2.24, 2.45) is 12.0 Å². The lowest BCUT2D eigenvalue weighted by atomic mass is 10.1. The SMILES string of the molecule is CCNC(=NCCC(=O)N(C)Cc1ccccc1)N(C)Cc1cn(C)nc1C(C)C. The minimum absolute atomic E-state index is 0.0930. The zero-order chi connectivity index (χ0) is 22.1. The molecule has 0 aliphatic rings. The average Bonchev–Trinajstić information content (AvgIpc) is 3.08. The second-order valence-electron chi connectivity index (χ2n) is 7.95. The molecule has 0 saturated carbocycles. The fourth-order valence-corrected chi connectivity index (χ4v) is 3.36. The van der Waals surface area contributed by atoms with Gasteiger partial charge in [0.1, 0.15) is 0 Å². The molecule has 7 nitrogen and oxygen atoms in total. The van der Waals surface area contributed by atoms with E-state index in [1.54, 1.807) is 4.90 Å². The Kier molecular flexibility index (Phi) is 8.89. The maximum absolute atomic E-state index is 12.5. The zero-order valence-electron chi connectivity index (χ0n) is 19.2. The van der Waals surface area contributed by atoms with Crippen molar-refractivity contribution in [2.45, 2.75) is 46.2 Å². The largest absolute Gasteiger partial charge is 0.357 e. The van der Waals surface area contributed by atoms with Gasteiger partial charge < -0.3 is 15.1 Å². The Labute approximate surface area is 180 Å². The first-order valence-electron chi connectivity index (χ1n) is 10.6. The van der Waals surface area contributed by atoms with Crippen molar-refractivity contribution >= 4 is 11.9 Å². The number of hydrogen-bond acceptors (Lipinski definition) is 3. The highest BCUT2D eigenvalue weighted by Crippen LogP contribution is 2.18. The summed E-state index contributed by atoms with van der Waals surface area (Å²) in [5.74, 6) is 1.26. The summed E-state index contributed by atoms with van der Waals surface area (Å²) in [7, 11) is 5.81. The predicted octanol–water partition coefficient (Wildman–Crippen LogP) is 2.99. The van der Waals surface area contributed by atoms with Crippen LogP contribution in [0, 0.1) is 0 Å². The average molecular weight is 413 g/mol. The number of rotatable bonds is 9. The van der Waals surface area contributed by atoms with E-state index in [2.05, 4.69) is 40.4 Å². The Morgan fingerprint density at radius 3 is 2.50 bits per heavy atom. The Hall–Kier alpha value is -2.83. The van der Waals surface area contributed by atoms with E-state index in [1.807, 2.05) is 63.1 Å². The van der Waals surface area contributed by atoms with Crippen molar-refractivity contribution in [1.82, 2.24) is 24.9 Å². The smallest absolute Gasteiger partial charge is 0.224 e. The zero-order valence-corrected chi connectivity index (χ0v) is 19.2. The van der Waals surface area contributed by atoms with Gasteiger partial charge in [-0.1, -0.05) is 44.2 Å². The molecule has 30 heavy (non-hydrogen) atoms. The highest BCUT2D eigenvalue weighted by molar-refractivity contribution is 5.80. The quantitative estimate of drug-likeness (QED) is 0.508. The maximum Gasteiger partial charge on any atom is 0.224 e. The van der Waals surface area contributed by atoms with Crippen LogP contribution in [0.15, 0.2) is 41.5 Å². The van der Waals surface area contributed by atoms with Crippen molar-refractivity contribution in [3.8, 4) is 0 Å². The summed E-state index contributed by atoms with van der Waals surface area (Å²) < 4.78 is 1.86. The van der Waals surface area contributed by atoms with E-state index in [4.69, 9.17) is 0 Å². The van der Waals surface area contributed by atoms with Crippen LogP contribution < -0.4 is 5.32 Å². The van der Waals surface area contributed by atoms with Crippen molar-refractivity contribution in [3.63, 3.8) is 0 Å². The highest BCUT2D eigenvalue weighted by atomic mass is 16.2. The van der Waals surface area contributed by atoms with Crippen LogP contribution in [-0.4, -0.2) is 58.6 Å². The molecule has 164 valence electrons. The van der Waals surface area contributed by atoms with E-state index >= 15 is 0 Å². The molecule has 1 N–H and O–H groups in total. The van der Waals surface area contributed by atoms with E-state index in [0.29, 0.717) is 25.4 Å². The van der Waals surface area contributed by atoms with Crippen molar-refractivity contribution in [2.75, 3.05) is 27.2 Å². The number of amides is 1. The third-order valence-electron chi connectivity index (χ3n) is 4.86. The molecular formula is C23H36N6O. The summed E-state index contributed by atoms with van der Waals surface area (Å²) >= 11 is 0. The summed E-state index contributed by atoms with van der Waals surface area (Å²) in [5.41, 5.74) is 3.43. The fourth-order valence-electron chi connectivity index (χ4n) is 3.36. The number of nitrogens with zero attached hydrogens (tertiary/aromatic N) is 5. The molecule has 0 aliphatic heterocycles. The van der Waals surface area contributed by atoms with Crippen LogP contribution in [0.2, 0.25) is 0 Å². The first-order valence-corrected chi connectivity index (χ1v) is 10.6. The number of benzene rings is 1. The Balaban J connectivity index is 1.95. The summed E-state index contributed by atoms with van der Waals surface area (Å²) in [6.07, 6.45) is 2.45. The topological polar surface area (TPSA) is 65.8 Å². The number of aryl methyl sites for hydroxylation is 1. The monoisotopic (exact) mass is 412 g/mol. The Morgan fingerprint density at radius 2 is 1.87 bits per heavy atom. The summed E-state index contributed by atoms with van der Waals surface area (Å²) in [4.78, 5) is 21.0. The van der Waals surface area contributed by atoms with Gasteiger partial charge in [0.15, 0.2) is 5.96 Å².